The van der Waals surface area contributed by atoms with Gasteiger partial charge in [0.15, 0.2) is 0 Å². The van der Waals surface area contributed by atoms with Crippen LogP contribution in [0.3, 0.4) is 0 Å². The first-order chi connectivity index (χ1) is 26.4. The molecule has 0 atom stereocenters. The lowest BCUT2D eigenvalue weighted by atomic mass is 9.83. The summed E-state index contributed by atoms with van der Waals surface area (Å²) in [5.74, 6) is 0. The lowest BCUT2D eigenvalue weighted by Gasteiger charge is -2.20. The van der Waals surface area contributed by atoms with E-state index in [0.29, 0.717) is 0 Å². The molecule has 10 aromatic rings. The average molecular weight is 691 g/mol. The van der Waals surface area contributed by atoms with E-state index >= 15 is 0 Å². The van der Waals surface area contributed by atoms with E-state index in [-0.39, 0.29) is 5.41 Å². The van der Waals surface area contributed by atoms with Crippen LogP contribution >= 0.6 is 0 Å². The van der Waals surface area contributed by atoms with Gasteiger partial charge in [-0.2, -0.15) is 0 Å². The summed E-state index contributed by atoms with van der Waals surface area (Å²) >= 11 is 0. The molecule has 0 saturated carbocycles. The molecule has 0 radical (unpaired) electrons. The van der Waals surface area contributed by atoms with Crippen molar-refractivity contribution in [2.24, 2.45) is 0 Å². The maximum Gasteiger partial charge on any atom is 0.0972 e. The Morgan fingerprint density at radius 1 is 0.370 bits per heavy atom. The van der Waals surface area contributed by atoms with Gasteiger partial charge in [-0.15, -0.1) is 0 Å². The van der Waals surface area contributed by atoms with Crippen molar-refractivity contribution in [3.05, 3.63) is 182 Å². The monoisotopic (exact) mass is 690 g/mol. The SMILES string of the molecule is CC(C)(C)c1ccc(-c2ccc(-c3c4ccccc4c(-c4ccc(-c5ccc6ccc7cccnc7c6n5)c5ccccc45)c4ccccc34)cc2)cc1. The molecule has 2 nitrogen and oxygen atoms in total. The molecule has 0 N–H and O–H groups in total. The van der Waals surface area contributed by atoms with Crippen molar-refractivity contribution in [2.75, 3.05) is 0 Å². The Kier molecular flexibility index (Phi) is 7.42. The van der Waals surface area contributed by atoms with Crippen LogP contribution in [0.2, 0.25) is 0 Å². The molecule has 2 heterocycles. The van der Waals surface area contributed by atoms with Gasteiger partial charge in [-0.25, -0.2) is 4.98 Å². The van der Waals surface area contributed by atoms with Crippen LogP contribution in [0.4, 0.5) is 0 Å². The van der Waals surface area contributed by atoms with Crippen LogP contribution in [0, 0.1) is 0 Å². The molecule has 0 fully saturated rings. The van der Waals surface area contributed by atoms with Crippen LogP contribution in [-0.2, 0) is 5.41 Å². The molecule has 256 valence electrons. The van der Waals surface area contributed by atoms with Crippen LogP contribution in [0.5, 0.6) is 0 Å². The maximum atomic E-state index is 5.25. The van der Waals surface area contributed by atoms with Gasteiger partial charge < -0.3 is 0 Å². The van der Waals surface area contributed by atoms with Crippen LogP contribution in [-0.4, -0.2) is 9.97 Å². The third kappa shape index (κ3) is 5.25. The number of pyridine rings is 2. The van der Waals surface area contributed by atoms with Gasteiger partial charge in [0.05, 0.1) is 16.7 Å². The minimum Gasteiger partial charge on any atom is -0.254 e. The highest BCUT2D eigenvalue weighted by Crippen LogP contribution is 2.46. The first-order valence-electron chi connectivity index (χ1n) is 18.7. The van der Waals surface area contributed by atoms with Crippen molar-refractivity contribution in [3.8, 4) is 44.6 Å². The van der Waals surface area contributed by atoms with E-state index in [1.807, 2.05) is 12.3 Å². The molecular formula is C52H38N2. The smallest absolute Gasteiger partial charge is 0.0972 e. The van der Waals surface area contributed by atoms with E-state index in [1.54, 1.807) is 0 Å². The molecule has 0 unspecified atom stereocenters. The van der Waals surface area contributed by atoms with E-state index in [0.717, 1.165) is 33.1 Å². The Morgan fingerprint density at radius 3 is 1.46 bits per heavy atom. The Balaban J connectivity index is 1.14. The minimum atomic E-state index is 0.132. The van der Waals surface area contributed by atoms with Gasteiger partial charge in [0.25, 0.3) is 0 Å². The van der Waals surface area contributed by atoms with E-state index in [2.05, 4.69) is 185 Å². The third-order valence-corrected chi connectivity index (χ3v) is 11.1. The van der Waals surface area contributed by atoms with E-state index in [1.165, 1.54) is 71.3 Å². The maximum absolute atomic E-state index is 5.25. The van der Waals surface area contributed by atoms with Gasteiger partial charge in [0.2, 0.25) is 0 Å². The van der Waals surface area contributed by atoms with Gasteiger partial charge in [-0.1, -0.05) is 178 Å². The summed E-state index contributed by atoms with van der Waals surface area (Å²) in [6.45, 7) is 6.78. The molecule has 10 rings (SSSR count). The first kappa shape index (κ1) is 32.0. The lowest BCUT2D eigenvalue weighted by Crippen LogP contribution is -2.10. The zero-order valence-corrected chi connectivity index (χ0v) is 30.6. The molecule has 0 amide bonds. The Labute approximate surface area is 315 Å². The second-order valence-corrected chi connectivity index (χ2v) is 15.4. The second kappa shape index (κ2) is 12.5. The number of fused-ring (bicyclic) bond motifs is 6. The predicted molar refractivity (Wildman–Crippen MR) is 230 cm³/mol. The highest BCUT2D eigenvalue weighted by atomic mass is 14.8. The summed E-state index contributed by atoms with van der Waals surface area (Å²) in [4.78, 5) is 9.96. The Morgan fingerprint density at radius 2 is 0.852 bits per heavy atom. The summed E-state index contributed by atoms with van der Waals surface area (Å²) in [6, 6.07) is 62.0. The number of rotatable bonds is 4. The highest BCUT2D eigenvalue weighted by Gasteiger charge is 2.20. The molecule has 0 spiro atoms. The fourth-order valence-electron chi connectivity index (χ4n) is 8.34. The van der Waals surface area contributed by atoms with Gasteiger partial charge in [0, 0.05) is 22.5 Å². The van der Waals surface area contributed by atoms with Crippen LogP contribution < -0.4 is 0 Å². The number of aromatic nitrogens is 2. The molecule has 0 saturated heterocycles. The molecule has 0 bridgehead atoms. The Hall–Kier alpha value is -6.64. The van der Waals surface area contributed by atoms with Gasteiger partial charge in [-0.05, 0) is 88.8 Å². The van der Waals surface area contributed by atoms with E-state index < -0.39 is 0 Å². The zero-order valence-electron chi connectivity index (χ0n) is 30.6. The molecule has 0 aliphatic heterocycles. The van der Waals surface area contributed by atoms with Crippen molar-refractivity contribution in [1.82, 2.24) is 9.97 Å². The van der Waals surface area contributed by atoms with Crippen molar-refractivity contribution in [2.45, 2.75) is 26.2 Å². The molecule has 2 heteroatoms. The number of benzene rings is 8. The lowest BCUT2D eigenvalue weighted by molar-refractivity contribution is 0.590. The fraction of sp³-hybridized carbons (Fsp3) is 0.0769. The summed E-state index contributed by atoms with van der Waals surface area (Å²) in [5.41, 5.74) is 12.8. The minimum absolute atomic E-state index is 0.132. The van der Waals surface area contributed by atoms with Crippen molar-refractivity contribution >= 4 is 54.1 Å². The molecule has 0 aliphatic rings. The largest absolute Gasteiger partial charge is 0.254 e. The molecule has 8 aromatic carbocycles. The third-order valence-electron chi connectivity index (χ3n) is 11.1. The first-order valence-corrected chi connectivity index (χ1v) is 18.7. The highest BCUT2D eigenvalue weighted by molar-refractivity contribution is 6.24. The van der Waals surface area contributed by atoms with Crippen LogP contribution in [0.15, 0.2) is 176 Å². The van der Waals surface area contributed by atoms with Gasteiger partial charge in [-0.3, -0.25) is 4.98 Å². The summed E-state index contributed by atoms with van der Waals surface area (Å²) in [6.07, 6.45) is 1.85. The molecule has 2 aromatic heterocycles. The van der Waals surface area contributed by atoms with Crippen molar-refractivity contribution in [3.63, 3.8) is 0 Å². The van der Waals surface area contributed by atoms with Crippen LogP contribution in [0.25, 0.3) is 98.8 Å². The number of hydrogen-bond donors (Lipinski definition) is 0. The quantitative estimate of drug-likeness (QED) is 0.136. The van der Waals surface area contributed by atoms with E-state index in [9.17, 15) is 0 Å². The summed E-state index contributed by atoms with van der Waals surface area (Å²) < 4.78 is 0. The van der Waals surface area contributed by atoms with Crippen LogP contribution in [0.1, 0.15) is 26.3 Å². The average Bonchev–Trinajstić information content (AvgIpc) is 3.22. The summed E-state index contributed by atoms with van der Waals surface area (Å²) in [5, 5.41) is 9.55. The predicted octanol–water partition coefficient (Wildman–Crippen LogP) is 14.2. The Bertz CT molecular complexity index is 3000. The molecular weight excluding hydrogens is 653 g/mol. The zero-order chi connectivity index (χ0) is 36.4. The van der Waals surface area contributed by atoms with Gasteiger partial charge in [0.1, 0.15) is 0 Å². The van der Waals surface area contributed by atoms with E-state index in [4.69, 9.17) is 9.97 Å². The molecule has 0 aliphatic carbocycles. The standard InChI is InChI=1S/C52H38N2/c1-52(2,3)38-27-24-34(25-28-38)33-18-20-35(21-19-33)48-42-14-6-8-16-44(42)49(45-17-9-7-15-43(45)48)46-30-29-41(39-12-4-5-13-40(39)46)47-31-26-37-23-22-36-11-10-32-53-50(36)51(37)54-47/h4-32H,1-3H3. The normalized spacial score (nSPS) is 12.0. The van der Waals surface area contributed by atoms with Gasteiger partial charge >= 0.3 is 0 Å². The van der Waals surface area contributed by atoms with Crippen molar-refractivity contribution in [1.29, 1.82) is 0 Å². The van der Waals surface area contributed by atoms with Crippen molar-refractivity contribution < 1.29 is 0 Å². The second-order valence-electron chi connectivity index (χ2n) is 15.4. The topological polar surface area (TPSA) is 25.8 Å². The number of hydrogen-bond acceptors (Lipinski definition) is 2. The fourth-order valence-corrected chi connectivity index (χ4v) is 8.34. The summed E-state index contributed by atoms with van der Waals surface area (Å²) in [7, 11) is 0. The molecule has 54 heavy (non-hydrogen) atoms. The number of nitrogens with zero attached hydrogens (tertiary/aromatic N) is 2.